The van der Waals surface area contributed by atoms with Gasteiger partial charge in [0.05, 0.1) is 25.9 Å². The van der Waals surface area contributed by atoms with E-state index >= 15 is 0 Å². The molecule has 0 aromatic heterocycles. The molecule has 0 bridgehead atoms. The smallest absolute Gasteiger partial charge is 0.337 e. The molecule has 0 atom stereocenters. The molecular weight excluding hydrogens is 466 g/mol. The van der Waals surface area contributed by atoms with E-state index in [1.807, 2.05) is 4.90 Å². The first kappa shape index (κ1) is 25.0. The van der Waals surface area contributed by atoms with E-state index in [1.54, 1.807) is 24.3 Å². The quantitative estimate of drug-likeness (QED) is 0.449. The van der Waals surface area contributed by atoms with Gasteiger partial charge in [-0.05, 0) is 46.9 Å². The van der Waals surface area contributed by atoms with E-state index in [0.717, 1.165) is 39.3 Å². The van der Waals surface area contributed by atoms with Gasteiger partial charge in [0.1, 0.15) is 0 Å². The molecule has 2 amide bonds. The molecule has 0 radical (unpaired) electrons. The lowest BCUT2D eigenvalue weighted by Gasteiger charge is -2.31. The Labute approximate surface area is 218 Å². The van der Waals surface area contributed by atoms with Crippen LogP contribution >= 0.6 is 0 Å². The van der Waals surface area contributed by atoms with Crippen molar-refractivity contribution in [1.29, 1.82) is 0 Å². The zero-order chi connectivity index (χ0) is 25.6. The number of hydrogen-bond donors (Lipinski definition) is 1. The van der Waals surface area contributed by atoms with Crippen molar-refractivity contribution >= 4 is 17.7 Å². The van der Waals surface area contributed by atoms with Crippen LogP contribution in [0.5, 0.6) is 0 Å². The third-order valence-corrected chi connectivity index (χ3v) is 7.26. The van der Waals surface area contributed by atoms with Crippen molar-refractivity contribution in [1.82, 2.24) is 9.80 Å². The fourth-order valence-corrected chi connectivity index (χ4v) is 5.30. The molecule has 1 saturated heterocycles. The van der Waals surface area contributed by atoms with Gasteiger partial charge in [-0.2, -0.15) is 0 Å². The van der Waals surface area contributed by atoms with Gasteiger partial charge in [0.2, 0.25) is 0 Å². The minimum Gasteiger partial charge on any atom is -0.465 e. The fourth-order valence-electron chi connectivity index (χ4n) is 5.30. The van der Waals surface area contributed by atoms with E-state index in [1.165, 1.54) is 29.4 Å². The molecule has 1 aliphatic carbocycles. The molecule has 192 valence electrons. The van der Waals surface area contributed by atoms with Gasteiger partial charge in [-0.25, -0.2) is 9.59 Å². The highest BCUT2D eigenvalue weighted by Crippen LogP contribution is 2.46. The lowest BCUT2D eigenvalue weighted by Crippen LogP contribution is -2.44. The Morgan fingerprint density at radius 3 is 2.30 bits per heavy atom. The molecule has 5 rings (SSSR count). The minimum absolute atomic E-state index is 0.171. The Kier molecular flexibility index (Phi) is 7.82. The average molecular weight is 500 g/mol. The summed E-state index contributed by atoms with van der Waals surface area (Å²) < 4.78 is 10.3. The van der Waals surface area contributed by atoms with Crippen LogP contribution in [0.15, 0.2) is 72.8 Å². The number of carbonyl (C=O) groups is 2. The van der Waals surface area contributed by atoms with Crippen LogP contribution in [0, 0.1) is 0 Å². The van der Waals surface area contributed by atoms with Crippen LogP contribution in [-0.4, -0.2) is 74.8 Å². The number of urea groups is 1. The summed E-state index contributed by atoms with van der Waals surface area (Å²) in [7, 11) is 1.35. The van der Waals surface area contributed by atoms with E-state index in [0.29, 0.717) is 24.3 Å². The molecule has 1 heterocycles. The summed E-state index contributed by atoms with van der Waals surface area (Å²) in [6.07, 6.45) is 0.826. The van der Waals surface area contributed by atoms with Gasteiger partial charge in [-0.15, -0.1) is 0 Å². The number of nitrogens with zero attached hydrogens (tertiary/aromatic N) is 2. The Hall–Kier alpha value is -3.68. The predicted molar refractivity (Wildman–Crippen MR) is 144 cm³/mol. The van der Waals surface area contributed by atoms with Crippen LogP contribution in [0.2, 0.25) is 0 Å². The molecular formula is C30H33N3O4. The topological polar surface area (TPSA) is 71.1 Å². The SMILES string of the molecule is COC(=O)c1cccc(NC(=O)N(CCC2c3ccccc3-c3ccccc32)CCN2CCOCC2)c1. The van der Waals surface area contributed by atoms with Crippen LogP contribution < -0.4 is 5.32 Å². The summed E-state index contributed by atoms with van der Waals surface area (Å²) in [6, 6.07) is 23.8. The number of ether oxygens (including phenoxy) is 2. The van der Waals surface area contributed by atoms with Crippen molar-refractivity contribution in [3.63, 3.8) is 0 Å². The van der Waals surface area contributed by atoms with Crippen molar-refractivity contribution in [2.75, 3.05) is 58.4 Å². The second-order valence-electron chi connectivity index (χ2n) is 9.46. The zero-order valence-electron chi connectivity index (χ0n) is 21.2. The number of methoxy groups -OCH3 is 1. The molecule has 7 nitrogen and oxygen atoms in total. The zero-order valence-corrected chi connectivity index (χ0v) is 21.2. The number of morpholine rings is 1. The molecule has 7 heteroatoms. The largest absolute Gasteiger partial charge is 0.465 e. The maximum Gasteiger partial charge on any atom is 0.337 e. The molecule has 3 aromatic carbocycles. The summed E-state index contributed by atoms with van der Waals surface area (Å²) >= 11 is 0. The lowest BCUT2D eigenvalue weighted by atomic mass is 9.93. The molecule has 1 fully saturated rings. The van der Waals surface area contributed by atoms with Crippen LogP contribution in [0.3, 0.4) is 0 Å². The third kappa shape index (κ3) is 5.68. The molecule has 1 aliphatic heterocycles. The monoisotopic (exact) mass is 499 g/mol. The predicted octanol–water partition coefficient (Wildman–Crippen LogP) is 4.84. The van der Waals surface area contributed by atoms with E-state index in [9.17, 15) is 9.59 Å². The Bertz CT molecular complexity index is 1210. The maximum atomic E-state index is 13.5. The first-order valence-electron chi connectivity index (χ1n) is 12.9. The second-order valence-corrected chi connectivity index (χ2v) is 9.46. The maximum absolute atomic E-state index is 13.5. The summed E-state index contributed by atoms with van der Waals surface area (Å²) in [6.45, 7) is 5.21. The summed E-state index contributed by atoms with van der Waals surface area (Å²) in [5.74, 6) is -0.187. The number of nitrogens with one attached hydrogen (secondary N) is 1. The normalized spacial score (nSPS) is 15.1. The van der Waals surface area contributed by atoms with Crippen molar-refractivity contribution in [2.45, 2.75) is 12.3 Å². The summed E-state index contributed by atoms with van der Waals surface area (Å²) in [5.41, 5.74) is 6.19. The number of esters is 1. The van der Waals surface area contributed by atoms with Gasteiger partial charge >= 0.3 is 12.0 Å². The number of fused-ring (bicyclic) bond motifs is 3. The standard InChI is InChI=1S/C30H33N3O4/c1-36-29(34)22-7-6-8-23(21-22)31-30(35)33(16-15-32-17-19-37-20-18-32)14-13-28-26-11-4-2-9-24(26)25-10-3-5-12-27(25)28/h2-12,21,28H,13-20H2,1H3,(H,31,35). The first-order chi connectivity index (χ1) is 18.1. The number of benzene rings is 3. The van der Waals surface area contributed by atoms with Crippen molar-refractivity contribution in [3.05, 3.63) is 89.5 Å². The van der Waals surface area contributed by atoms with Crippen LogP contribution in [0.4, 0.5) is 10.5 Å². The minimum atomic E-state index is -0.432. The molecule has 0 unspecified atom stereocenters. The Morgan fingerprint density at radius 2 is 1.62 bits per heavy atom. The van der Waals surface area contributed by atoms with Crippen LogP contribution in [0.25, 0.3) is 11.1 Å². The number of carbonyl (C=O) groups excluding carboxylic acids is 2. The molecule has 2 aliphatic rings. The van der Waals surface area contributed by atoms with E-state index in [4.69, 9.17) is 9.47 Å². The highest BCUT2D eigenvalue weighted by Gasteiger charge is 2.29. The van der Waals surface area contributed by atoms with Gasteiger partial charge in [-0.1, -0.05) is 54.6 Å². The van der Waals surface area contributed by atoms with Gasteiger partial charge in [0.15, 0.2) is 0 Å². The summed E-state index contributed by atoms with van der Waals surface area (Å²) in [4.78, 5) is 29.7. The van der Waals surface area contributed by atoms with Gasteiger partial charge in [-0.3, -0.25) is 4.90 Å². The molecule has 0 saturated carbocycles. The Morgan fingerprint density at radius 1 is 0.946 bits per heavy atom. The third-order valence-electron chi connectivity index (χ3n) is 7.26. The van der Waals surface area contributed by atoms with Gasteiger partial charge in [0, 0.05) is 44.3 Å². The van der Waals surface area contributed by atoms with Crippen molar-refractivity contribution in [3.8, 4) is 11.1 Å². The van der Waals surface area contributed by atoms with Crippen molar-refractivity contribution < 1.29 is 19.1 Å². The number of rotatable bonds is 8. The Balaban J connectivity index is 1.32. The van der Waals surface area contributed by atoms with Crippen LogP contribution in [-0.2, 0) is 9.47 Å². The number of hydrogen-bond acceptors (Lipinski definition) is 5. The first-order valence-corrected chi connectivity index (χ1v) is 12.9. The van der Waals surface area contributed by atoms with Crippen LogP contribution in [0.1, 0.15) is 33.8 Å². The highest BCUT2D eigenvalue weighted by atomic mass is 16.5. The van der Waals surface area contributed by atoms with E-state index < -0.39 is 5.97 Å². The number of anilines is 1. The van der Waals surface area contributed by atoms with Gasteiger partial charge in [0.25, 0.3) is 0 Å². The summed E-state index contributed by atoms with van der Waals surface area (Å²) in [5, 5.41) is 3.00. The fraction of sp³-hybridized carbons (Fsp3) is 0.333. The number of amides is 2. The van der Waals surface area contributed by atoms with E-state index in [-0.39, 0.29) is 11.9 Å². The lowest BCUT2D eigenvalue weighted by molar-refractivity contribution is 0.0351. The molecule has 1 N–H and O–H groups in total. The molecule has 0 spiro atoms. The van der Waals surface area contributed by atoms with E-state index in [2.05, 4.69) is 58.7 Å². The van der Waals surface area contributed by atoms with Crippen molar-refractivity contribution in [2.24, 2.45) is 0 Å². The van der Waals surface area contributed by atoms with Gasteiger partial charge < -0.3 is 19.7 Å². The molecule has 37 heavy (non-hydrogen) atoms. The average Bonchev–Trinajstić information content (AvgIpc) is 3.27. The second kappa shape index (κ2) is 11.6. The molecule has 3 aromatic rings. The highest BCUT2D eigenvalue weighted by molar-refractivity contribution is 5.94.